The second-order valence-corrected chi connectivity index (χ2v) is 8.46. The first kappa shape index (κ1) is 19.4. The largest absolute Gasteiger partial charge is 0.319 e. The molecule has 1 aliphatic heterocycles. The van der Waals surface area contributed by atoms with Crippen molar-refractivity contribution in [1.82, 2.24) is 4.31 Å². The molecular weight excluding hydrogens is 374 g/mol. The second-order valence-electron chi connectivity index (χ2n) is 6.52. The molecule has 1 heterocycles. The third kappa shape index (κ3) is 4.17. The molecule has 8 heteroatoms. The number of nitrogens with zero attached hydrogens (tertiary/aromatic N) is 1. The van der Waals surface area contributed by atoms with Crippen molar-refractivity contribution < 1.29 is 22.0 Å². The van der Waals surface area contributed by atoms with Crippen LogP contribution in [0, 0.1) is 18.6 Å². The predicted octanol–water partition coefficient (Wildman–Crippen LogP) is 3.70. The monoisotopic (exact) mass is 394 g/mol. The number of benzene rings is 2. The molecule has 1 N–H and O–H groups in total. The minimum absolute atomic E-state index is 0.0275. The van der Waals surface area contributed by atoms with Crippen LogP contribution in [-0.2, 0) is 10.0 Å². The van der Waals surface area contributed by atoms with Gasteiger partial charge in [-0.2, -0.15) is 4.31 Å². The fourth-order valence-electron chi connectivity index (χ4n) is 3.04. The molecule has 5 nitrogen and oxygen atoms in total. The van der Waals surface area contributed by atoms with E-state index in [1.54, 1.807) is 13.0 Å². The van der Waals surface area contributed by atoms with Gasteiger partial charge in [-0.1, -0.05) is 12.5 Å². The van der Waals surface area contributed by atoms with Gasteiger partial charge in [0.1, 0.15) is 11.6 Å². The Morgan fingerprint density at radius 3 is 2.41 bits per heavy atom. The van der Waals surface area contributed by atoms with E-state index < -0.39 is 27.6 Å². The summed E-state index contributed by atoms with van der Waals surface area (Å²) in [5.41, 5.74) is 0.495. The molecule has 0 bridgehead atoms. The van der Waals surface area contributed by atoms with Gasteiger partial charge in [0.05, 0.1) is 10.6 Å². The quantitative estimate of drug-likeness (QED) is 0.860. The minimum Gasteiger partial charge on any atom is -0.319 e. The number of hydrogen-bond acceptors (Lipinski definition) is 3. The number of carbonyl (C=O) groups excluding carboxylic acids is 1. The van der Waals surface area contributed by atoms with Gasteiger partial charge in [-0.15, -0.1) is 0 Å². The molecule has 1 saturated heterocycles. The van der Waals surface area contributed by atoms with E-state index in [2.05, 4.69) is 5.32 Å². The highest BCUT2D eigenvalue weighted by Gasteiger charge is 2.27. The summed E-state index contributed by atoms with van der Waals surface area (Å²) < 4.78 is 53.8. The number of amides is 1. The molecule has 0 atom stereocenters. The number of halogens is 2. The maximum Gasteiger partial charge on any atom is 0.256 e. The number of rotatable bonds is 4. The molecule has 144 valence electrons. The van der Waals surface area contributed by atoms with Crippen molar-refractivity contribution in [2.75, 3.05) is 18.4 Å². The van der Waals surface area contributed by atoms with Crippen LogP contribution in [-0.4, -0.2) is 31.7 Å². The Kier molecular flexibility index (Phi) is 5.57. The van der Waals surface area contributed by atoms with Crippen LogP contribution in [0.3, 0.4) is 0 Å². The molecule has 0 radical (unpaired) electrons. The van der Waals surface area contributed by atoms with Crippen LogP contribution in [0.5, 0.6) is 0 Å². The summed E-state index contributed by atoms with van der Waals surface area (Å²) in [4.78, 5) is 12.6. The third-order valence-electron chi connectivity index (χ3n) is 4.59. The van der Waals surface area contributed by atoms with E-state index >= 15 is 0 Å². The van der Waals surface area contributed by atoms with Gasteiger partial charge in [0.15, 0.2) is 0 Å². The van der Waals surface area contributed by atoms with E-state index in [1.807, 2.05) is 0 Å². The number of anilines is 1. The molecular formula is C19H20F2N2O3S. The van der Waals surface area contributed by atoms with Crippen molar-refractivity contribution in [3.05, 3.63) is 59.2 Å². The smallest absolute Gasteiger partial charge is 0.256 e. The highest BCUT2D eigenvalue weighted by atomic mass is 32.2. The molecule has 1 amide bonds. The van der Waals surface area contributed by atoms with Crippen molar-refractivity contribution >= 4 is 21.6 Å². The first-order valence-corrected chi connectivity index (χ1v) is 10.1. The molecule has 0 unspecified atom stereocenters. The Morgan fingerprint density at radius 2 is 1.74 bits per heavy atom. The van der Waals surface area contributed by atoms with Crippen molar-refractivity contribution in [2.24, 2.45) is 0 Å². The van der Waals surface area contributed by atoms with E-state index in [0.29, 0.717) is 24.7 Å². The number of carbonyl (C=O) groups is 1. The van der Waals surface area contributed by atoms with Gasteiger partial charge in [0.2, 0.25) is 10.0 Å². The highest BCUT2D eigenvalue weighted by Crippen LogP contribution is 2.24. The fourth-order valence-corrected chi connectivity index (χ4v) is 4.58. The summed E-state index contributed by atoms with van der Waals surface area (Å²) in [5.74, 6) is -2.32. The van der Waals surface area contributed by atoms with E-state index in [-0.39, 0.29) is 16.1 Å². The second kappa shape index (κ2) is 7.74. The SMILES string of the molecule is Cc1ccc(S(=O)(=O)N2CCCCC2)cc1C(=O)Nc1ccc(F)cc1F. The zero-order valence-electron chi connectivity index (χ0n) is 14.8. The highest BCUT2D eigenvalue weighted by molar-refractivity contribution is 7.89. The summed E-state index contributed by atoms with van der Waals surface area (Å²) in [7, 11) is -3.69. The standard InChI is InChI=1S/C19H20F2N2O3S/c1-13-5-7-15(27(25,26)23-9-3-2-4-10-23)12-16(13)19(24)22-18-8-6-14(20)11-17(18)21/h5-8,11-12H,2-4,9-10H2,1H3,(H,22,24). The van der Waals surface area contributed by atoms with Crippen molar-refractivity contribution in [3.63, 3.8) is 0 Å². The lowest BCUT2D eigenvalue weighted by atomic mass is 10.1. The van der Waals surface area contributed by atoms with Crippen LogP contribution < -0.4 is 5.32 Å². The van der Waals surface area contributed by atoms with Crippen molar-refractivity contribution in [1.29, 1.82) is 0 Å². The zero-order chi connectivity index (χ0) is 19.6. The number of piperidine rings is 1. The maximum atomic E-state index is 13.8. The number of sulfonamides is 1. The molecule has 0 spiro atoms. The van der Waals surface area contributed by atoms with Crippen LogP contribution in [0.25, 0.3) is 0 Å². The number of nitrogens with one attached hydrogen (secondary N) is 1. The Hall–Kier alpha value is -2.32. The van der Waals surface area contributed by atoms with E-state index in [1.165, 1.54) is 16.4 Å². The van der Waals surface area contributed by atoms with Gasteiger partial charge in [-0.3, -0.25) is 4.79 Å². The van der Waals surface area contributed by atoms with Gasteiger partial charge in [-0.25, -0.2) is 17.2 Å². The van der Waals surface area contributed by atoms with E-state index in [0.717, 1.165) is 31.4 Å². The lowest BCUT2D eigenvalue weighted by molar-refractivity contribution is 0.102. The molecule has 2 aromatic rings. The summed E-state index contributed by atoms with van der Waals surface area (Å²) >= 11 is 0. The van der Waals surface area contributed by atoms with Crippen LogP contribution in [0.4, 0.5) is 14.5 Å². The van der Waals surface area contributed by atoms with E-state index in [9.17, 15) is 22.0 Å². The lowest BCUT2D eigenvalue weighted by Crippen LogP contribution is -2.35. The average Bonchev–Trinajstić information content (AvgIpc) is 2.65. The maximum absolute atomic E-state index is 13.8. The van der Waals surface area contributed by atoms with Gasteiger partial charge in [-0.05, 0) is 49.6 Å². The van der Waals surface area contributed by atoms with Gasteiger partial charge < -0.3 is 5.32 Å². The molecule has 0 aliphatic carbocycles. The summed E-state index contributed by atoms with van der Waals surface area (Å²) in [6, 6.07) is 7.13. The minimum atomic E-state index is -3.69. The molecule has 3 rings (SSSR count). The Bertz CT molecular complexity index is 971. The first-order valence-electron chi connectivity index (χ1n) is 8.66. The van der Waals surface area contributed by atoms with Gasteiger partial charge >= 0.3 is 0 Å². The van der Waals surface area contributed by atoms with Crippen LogP contribution >= 0.6 is 0 Å². The molecule has 1 aliphatic rings. The molecule has 1 fully saturated rings. The topological polar surface area (TPSA) is 66.5 Å². The summed E-state index contributed by atoms with van der Waals surface area (Å²) in [6.45, 7) is 2.57. The van der Waals surface area contributed by atoms with Crippen LogP contribution in [0.2, 0.25) is 0 Å². The van der Waals surface area contributed by atoms with E-state index in [4.69, 9.17) is 0 Å². The Labute approximate surface area is 157 Å². The first-order chi connectivity index (χ1) is 12.8. The number of hydrogen-bond donors (Lipinski definition) is 1. The third-order valence-corrected chi connectivity index (χ3v) is 6.48. The van der Waals surface area contributed by atoms with Gasteiger partial charge in [0, 0.05) is 24.7 Å². The van der Waals surface area contributed by atoms with Crippen molar-refractivity contribution in [2.45, 2.75) is 31.1 Å². The molecule has 0 aromatic heterocycles. The number of aryl methyl sites for hydroxylation is 1. The summed E-state index contributed by atoms with van der Waals surface area (Å²) in [6.07, 6.45) is 2.61. The predicted molar refractivity (Wildman–Crippen MR) is 98.1 cm³/mol. The Balaban J connectivity index is 1.89. The van der Waals surface area contributed by atoms with Crippen LogP contribution in [0.15, 0.2) is 41.3 Å². The van der Waals surface area contributed by atoms with Crippen molar-refractivity contribution in [3.8, 4) is 0 Å². The fraction of sp³-hybridized carbons (Fsp3) is 0.316. The lowest BCUT2D eigenvalue weighted by Gasteiger charge is -2.26. The average molecular weight is 394 g/mol. The van der Waals surface area contributed by atoms with Crippen LogP contribution in [0.1, 0.15) is 35.2 Å². The molecule has 27 heavy (non-hydrogen) atoms. The summed E-state index contributed by atoms with van der Waals surface area (Å²) in [5, 5.41) is 2.36. The Morgan fingerprint density at radius 1 is 1.04 bits per heavy atom. The normalized spacial score (nSPS) is 15.5. The molecule has 0 saturated carbocycles. The molecule has 2 aromatic carbocycles. The zero-order valence-corrected chi connectivity index (χ0v) is 15.7. The van der Waals surface area contributed by atoms with Gasteiger partial charge in [0.25, 0.3) is 5.91 Å².